The minimum absolute atomic E-state index is 0.142. The van der Waals surface area contributed by atoms with Crippen LogP contribution in [-0.4, -0.2) is 20.0 Å². The van der Waals surface area contributed by atoms with Crippen LogP contribution < -0.4 is 16.6 Å². The highest BCUT2D eigenvalue weighted by atomic mass is 32.1. The number of fused-ring (bicyclic) bond motifs is 1. The second-order valence-electron chi connectivity index (χ2n) is 7.56. The number of nitrogens with zero attached hydrogens (tertiary/aromatic N) is 3. The van der Waals surface area contributed by atoms with E-state index < -0.39 is 11.2 Å². The summed E-state index contributed by atoms with van der Waals surface area (Å²) < 4.78 is 2.44. The lowest BCUT2D eigenvalue weighted by molar-refractivity contribution is -0.116. The number of rotatable bonds is 8. The fraction of sp³-hybridized carbons (Fsp3) is 0.250. The van der Waals surface area contributed by atoms with Gasteiger partial charge in [0.2, 0.25) is 5.91 Å². The Morgan fingerprint density at radius 2 is 1.88 bits per heavy atom. The van der Waals surface area contributed by atoms with E-state index in [9.17, 15) is 14.4 Å². The highest BCUT2D eigenvalue weighted by molar-refractivity contribution is 7.09. The standard InChI is InChI=1S/C24H24N4O3S/c1-2-3-6-17-9-11-18(12-10-17)26-21(29)16-27-20-8-4-13-25-22(20)23(30)28(24(27)31)15-19-7-5-14-32-19/h4-5,7-14H,2-3,6,15-16H2,1H3,(H,26,29). The van der Waals surface area contributed by atoms with E-state index in [-0.39, 0.29) is 24.5 Å². The quantitative estimate of drug-likeness (QED) is 0.446. The molecule has 0 aliphatic carbocycles. The van der Waals surface area contributed by atoms with Crippen molar-refractivity contribution in [1.82, 2.24) is 14.1 Å². The zero-order valence-corrected chi connectivity index (χ0v) is 18.6. The molecule has 7 nitrogen and oxygen atoms in total. The fourth-order valence-corrected chi connectivity index (χ4v) is 4.27. The largest absolute Gasteiger partial charge is 0.332 e. The molecule has 0 radical (unpaired) electrons. The number of anilines is 1. The van der Waals surface area contributed by atoms with Crippen LogP contribution in [-0.2, 0) is 24.3 Å². The summed E-state index contributed by atoms with van der Waals surface area (Å²) in [6, 6.07) is 14.7. The van der Waals surface area contributed by atoms with Crippen molar-refractivity contribution in [3.05, 3.63) is 91.4 Å². The number of nitrogens with one attached hydrogen (secondary N) is 1. The number of pyridine rings is 1. The van der Waals surface area contributed by atoms with Crippen LogP contribution in [0, 0.1) is 0 Å². The summed E-state index contributed by atoms with van der Waals surface area (Å²) >= 11 is 1.46. The molecule has 1 aromatic carbocycles. The third kappa shape index (κ3) is 4.70. The number of unbranched alkanes of at least 4 members (excludes halogenated alkanes) is 1. The number of hydrogen-bond donors (Lipinski definition) is 1. The maximum absolute atomic E-state index is 13.2. The molecule has 0 aliphatic rings. The number of aromatic nitrogens is 3. The Hall–Kier alpha value is -3.52. The highest BCUT2D eigenvalue weighted by Gasteiger charge is 2.17. The number of carbonyl (C=O) groups is 1. The van der Waals surface area contributed by atoms with Crippen molar-refractivity contribution >= 4 is 34.0 Å². The molecule has 0 spiro atoms. The Kier molecular flexibility index (Phi) is 6.61. The van der Waals surface area contributed by atoms with Gasteiger partial charge in [-0.2, -0.15) is 0 Å². The van der Waals surface area contributed by atoms with Gasteiger partial charge in [-0.25, -0.2) is 9.78 Å². The lowest BCUT2D eigenvalue weighted by Crippen LogP contribution is -2.42. The molecule has 1 amide bonds. The predicted octanol–water partition coefficient (Wildman–Crippen LogP) is 3.65. The van der Waals surface area contributed by atoms with Gasteiger partial charge in [-0.15, -0.1) is 11.3 Å². The summed E-state index contributed by atoms with van der Waals surface area (Å²) in [6.07, 6.45) is 4.76. The number of aryl methyl sites for hydroxylation is 1. The molecular weight excluding hydrogens is 424 g/mol. The molecule has 0 unspecified atom stereocenters. The first-order valence-electron chi connectivity index (χ1n) is 10.6. The van der Waals surface area contributed by atoms with Crippen LogP contribution >= 0.6 is 11.3 Å². The minimum atomic E-state index is -0.533. The van der Waals surface area contributed by atoms with Gasteiger partial charge in [0, 0.05) is 16.8 Å². The maximum Gasteiger partial charge on any atom is 0.332 e. The summed E-state index contributed by atoms with van der Waals surface area (Å²) in [5, 5.41) is 4.73. The SMILES string of the molecule is CCCCc1ccc(NC(=O)Cn2c(=O)n(Cc3cccs3)c(=O)c3ncccc32)cc1. The highest BCUT2D eigenvalue weighted by Crippen LogP contribution is 2.13. The monoisotopic (exact) mass is 448 g/mol. The van der Waals surface area contributed by atoms with Crippen molar-refractivity contribution < 1.29 is 4.79 Å². The minimum Gasteiger partial charge on any atom is -0.325 e. The Labute approximate surface area is 189 Å². The van der Waals surface area contributed by atoms with Crippen molar-refractivity contribution in [3.63, 3.8) is 0 Å². The van der Waals surface area contributed by atoms with Crippen LogP contribution in [0.2, 0.25) is 0 Å². The molecule has 3 heterocycles. The smallest absolute Gasteiger partial charge is 0.325 e. The van der Waals surface area contributed by atoms with Gasteiger partial charge < -0.3 is 5.32 Å². The maximum atomic E-state index is 13.2. The van der Waals surface area contributed by atoms with Crippen molar-refractivity contribution in [2.24, 2.45) is 0 Å². The van der Waals surface area contributed by atoms with Gasteiger partial charge in [0.1, 0.15) is 6.54 Å². The molecule has 0 atom stereocenters. The first kappa shape index (κ1) is 21.7. The number of hydrogen-bond acceptors (Lipinski definition) is 5. The molecule has 1 N–H and O–H groups in total. The second kappa shape index (κ2) is 9.74. The van der Waals surface area contributed by atoms with Gasteiger partial charge in [-0.1, -0.05) is 31.5 Å². The molecular formula is C24H24N4O3S. The van der Waals surface area contributed by atoms with Gasteiger partial charge >= 0.3 is 5.69 Å². The average Bonchev–Trinajstić information content (AvgIpc) is 3.32. The molecule has 0 fully saturated rings. The second-order valence-corrected chi connectivity index (χ2v) is 8.59. The molecule has 0 bridgehead atoms. The molecule has 32 heavy (non-hydrogen) atoms. The van der Waals surface area contributed by atoms with Crippen LogP contribution in [0.1, 0.15) is 30.2 Å². The Bertz CT molecular complexity index is 1340. The van der Waals surface area contributed by atoms with Crippen LogP contribution in [0.4, 0.5) is 5.69 Å². The molecule has 8 heteroatoms. The van der Waals surface area contributed by atoms with Crippen LogP contribution in [0.5, 0.6) is 0 Å². The molecule has 0 saturated carbocycles. The topological polar surface area (TPSA) is 86.0 Å². The summed E-state index contributed by atoms with van der Waals surface area (Å²) in [4.78, 5) is 43.9. The van der Waals surface area contributed by atoms with Crippen molar-refractivity contribution in [2.75, 3.05) is 5.32 Å². The Morgan fingerprint density at radius 3 is 2.59 bits per heavy atom. The van der Waals surface area contributed by atoms with Crippen molar-refractivity contribution in [3.8, 4) is 0 Å². The molecule has 164 valence electrons. The van der Waals surface area contributed by atoms with E-state index in [0.717, 1.165) is 28.7 Å². The predicted molar refractivity (Wildman–Crippen MR) is 127 cm³/mol. The van der Waals surface area contributed by atoms with Gasteiger partial charge in [0.25, 0.3) is 5.56 Å². The molecule has 4 aromatic rings. The summed E-state index contributed by atoms with van der Waals surface area (Å²) in [6.45, 7) is 2.07. The van der Waals surface area contributed by atoms with E-state index in [1.165, 1.54) is 27.7 Å². The van der Waals surface area contributed by atoms with E-state index >= 15 is 0 Å². The third-order valence-corrected chi connectivity index (χ3v) is 6.10. The van der Waals surface area contributed by atoms with Crippen molar-refractivity contribution in [2.45, 2.75) is 39.3 Å². The Balaban J connectivity index is 1.62. The number of thiophene rings is 1. The first-order valence-corrected chi connectivity index (χ1v) is 11.4. The summed E-state index contributed by atoms with van der Waals surface area (Å²) in [5.74, 6) is -0.347. The lowest BCUT2D eigenvalue weighted by Gasteiger charge is -2.13. The zero-order chi connectivity index (χ0) is 22.5. The molecule has 0 aliphatic heterocycles. The van der Waals surface area contributed by atoms with E-state index in [2.05, 4.69) is 17.2 Å². The van der Waals surface area contributed by atoms with Gasteiger partial charge in [0.15, 0.2) is 5.52 Å². The molecule has 4 rings (SSSR count). The molecule has 0 saturated heterocycles. The van der Waals surface area contributed by atoms with E-state index in [1.807, 2.05) is 41.8 Å². The van der Waals surface area contributed by atoms with Crippen LogP contribution in [0.3, 0.4) is 0 Å². The van der Waals surface area contributed by atoms with Crippen LogP contribution in [0.15, 0.2) is 69.7 Å². The van der Waals surface area contributed by atoms with Gasteiger partial charge in [-0.3, -0.25) is 18.7 Å². The number of benzene rings is 1. The van der Waals surface area contributed by atoms with E-state index in [0.29, 0.717) is 11.2 Å². The average molecular weight is 449 g/mol. The summed E-state index contributed by atoms with van der Waals surface area (Å²) in [5.41, 5.74) is 1.40. The lowest BCUT2D eigenvalue weighted by atomic mass is 10.1. The van der Waals surface area contributed by atoms with Crippen LogP contribution in [0.25, 0.3) is 11.0 Å². The van der Waals surface area contributed by atoms with Gasteiger partial charge in [-0.05, 0) is 54.1 Å². The normalized spacial score (nSPS) is 11.0. The number of amides is 1. The number of carbonyl (C=O) groups excluding carboxylic acids is 1. The fourth-order valence-electron chi connectivity index (χ4n) is 3.57. The van der Waals surface area contributed by atoms with Gasteiger partial charge in [0.05, 0.1) is 12.1 Å². The summed E-state index contributed by atoms with van der Waals surface area (Å²) in [7, 11) is 0. The Morgan fingerprint density at radius 1 is 1.06 bits per heavy atom. The zero-order valence-electron chi connectivity index (χ0n) is 17.8. The third-order valence-electron chi connectivity index (χ3n) is 5.24. The molecule has 3 aromatic heterocycles. The first-order chi connectivity index (χ1) is 15.6. The van der Waals surface area contributed by atoms with E-state index in [1.54, 1.807) is 12.1 Å². The van der Waals surface area contributed by atoms with Crippen molar-refractivity contribution in [1.29, 1.82) is 0 Å². The van der Waals surface area contributed by atoms with E-state index in [4.69, 9.17) is 0 Å².